The minimum Gasteiger partial charge on any atom is -0.396 e. The van der Waals surface area contributed by atoms with Crippen LogP contribution in [0.25, 0.3) is 0 Å². The van der Waals surface area contributed by atoms with Gasteiger partial charge in [-0.1, -0.05) is 24.6 Å². The molecule has 1 N–H and O–H groups in total. The number of nitrogens with zero attached hydrogens (tertiary/aromatic N) is 2. The van der Waals surface area contributed by atoms with Gasteiger partial charge in [-0.3, -0.25) is 14.2 Å². The number of hydrogen-bond donors (Lipinski definition) is 1. The van der Waals surface area contributed by atoms with Gasteiger partial charge in [-0.05, 0) is 44.2 Å². The Morgan fingerprint density at radius 2 is 1.92 bits per heavy atom. The Labute approximate surface area is 145 Å². The maximum Gasteiger partial charge on any atom is 0.338 e. The van der Waals surface area contributed by atoms with Crippen LogP contribution in [0.3, 0.4) is 0 Å². The van der Waals surface area contributed by atoms with Crippen LogP contribution in [0, 0.1) is 12.8 Å². The van der Waals surface area contributed by atoms with Crippen molar-refractivity contribution in [2.45, 2.75) is 38.6 Å². The molecule has 0 amide bonds. The summed E-state index contributed by atoms with van der Waals surface area (Å²) in [6.45, 7) is 1.70. The lowest BCUT2D eigenvalue weighted by Gasteiger charge is -2.29. The van der Waals surface area contributed by atoms with Gasteiger partial charge in [-0.15, -0.1) is 0 Å². The molecule has 25 heavy (non-hydrogen) atoms. The van der Waals surface area contributed by atoms with Crippen LogP contribution in [0.1, 0.15) is 47.6 Å². The molecule has 6 nitrogen and oxygen atoms in total. The fraction of sp³-hybridized carbons (Fsp3) is 0.421. The molecule has 0 radical (unpaired) electrons. The Hall–Kier alpha value is -2.47. The number of carbonyl (C=O) groups excluding carboxylic acids is 1. The molecule has 0 bridgehead atoms. The maximum absolute atomic E-state index is 12.9. The minimum atomic E-state index is -0.609. The predicted octanol–water partition coefficient (Wildman–Crippen LogP) is 1.73. The van der Waals surface area contributed by atoms with Crippen molar-refractivity contribution in [3.63, 3.8) is 0 Å². The molecule has 1 saturated carbocycles. The van der Waals surface area contributed by atoms with Crippen LogP contribution >= 0.6 is 0 Å². The van der Waals surface area contributed by atoms with Crippen molar-refractivity contribution in [3.05, 3.63) is 68.5 Å². The molecule has 1 aromatic carbocycles. The molecule has 132 valence electrons. The number of aliphatic hydroxyl groups is 1. The summed E-state index contributed by atoms with van der Waals surface area (Å²) in [5.41, 5.74) is -0.525. The van der Waals surface area contributed by atoms with Crippen molar-refractivity contribution in [3.8, 4) is 0 Å². The summed E-state index contributed by atoms with van der Waals surface area (Å²) in [5, 5.41) is 9.42. The molecule has 2 aromatic rings. The third-order valence-corrected chi connectivity index (χ3v) is 4.92. The van der Waals surface area contributed by atoms with Crippen LogP contribution in [-0.4, -0.2) is 26.8 Å². The lowest BCUT2D eigenvalue weighted by molar-refractivity contribution is 0.0944. The lowest BCUT2D eigenvalue weighted by atomic mass is 9.86. The first-order chi connectivity index (χ1) is 12.0. The summed E-state index contributed by atoms with van der Waals surface area (Å²) in [4.78, 5) is 38.0. The van der Waals surface area contributed by atoms with E-state index in [1.165, 1.54) is 4.57 Å². The third-order valence-electron chi connectivity index (χ3n) is 4.92. The quantitative estimate of drug-likeness (QED) is 0.921. The molecule has 0 spiro atoms. The van der Waals surface area contributed by atoms with Gasteiger partial charge >= 0.3 is 5.69 Å². The molecule has 1 aliphatic carbocycles. The molecular weight excluding hydrogens is 320 g/mol. The van der Waals surface area contributed by atoms with Crippen LogP contribution in [0.15, 0.2) is 46.1 Å². The molecule has 3 rings (SSSR count). The predicted molar refractivity (Wildman–Crippen MR) is 94.0 cm³/mol. The number of rotatable bonds is 3. The van der Waals surface area contributed by atoms with Gasteiger partial charge in [0.15, 0.2) is 0 Å². The summed E-state index contributed by atoms with van der Waals surface area (Å²) in [6, 6.07) is 8.23. The molecular formula is C19H22N2O4. The summed E-state index contributed by atoms with van der Waals surface area (Å²) in [6.07, 6.45) is 4.86. The Kier molecular flexibility index (Phi) is 4.99. The Bertz CT molecular complexity index is 883. The first-order valence-electron chi connectivity index (χ1n) is 8.58. The first kappa shape index (κ1) is 17.4. The van der Waals surface area contributed by atoms with Crippen LogP contribution in [-0.2, 0) is 0 Å². The zero-order valence-corrected chi connectivity index (χ0v) is 14.2. The van der Waals surface area contributed by atoms with Crippen molar-refractivity contribution in [1.29, 1.82) is 0 Å². The van der Waals surface area contributed by atoms with E-state index in [0.717, 1.165) is 23.8 Å². The molecule has 0 aliphatic heterocycles. The van der Waals surface area contributed by atoms with Gasteiger partial charge in [0, 0.05) is 30.0 Å². The van der Waals surface area contributed by atoms with E-state index in [1.54, 1.807) is 43.5 Å². The highest BCUT2D eigenvalue weighted by atomic mass is 16.3. The van der Waals surface area contributed by atoms with Crippen molar-refractivity contribution in [2.24, 2.45) is 5.92 Å². The number of aryl methyl sites for hydroxylation is 1. The fourth-order valence-electron chi connectivity index (χ4n) is 3.53. The third kappa shape index (κ3) is 3.35. The largest absolute Gasteiger partial charge is 0.396 e. The molecule has 0 saturated heterocycles. The van der Waals surface area contributed by atoms with E-state index in [1.807, 2.05) is 0 Å². The molecule has 2 atom stereocenters. The van der Waals surface area contributed by atoms with Gasteiger partial charge in [0.25, 0.3) is 11.5 Å². The smallest absolute Gasteiger partial charge is 0.338 e. The summed E-state index contributed by atoms with van der Waals surface area (Å²) in [5.74, 6) is -0.460. The van der Waals surface area contributed by atoms with Crippen molar-refractivity contribution in [2.75, 3.05) is 6.61 Å². The molecule has 1 aliphatic rings. The number of aliphatic hydroxyl groups excluding tert-OH is 1. The second kappa shape index (κ2) is 7.19. The highest BCUT2D eigenvalue weighted by Gasteiger charge is 2.26. The van der Waals surface area contributed by atoms with Crippen LogP contribution in [0.2, 0.25) is 0 Å². The number of carbonyl (C=O) groups is 1. The average Bonchev–Trinajstić information content (AvgIpc) is 2.65. The van der Waals surface area contributed by atoms with Crippen molar-refractivity contribution in [1.82, 2.24) is 9.13 Å². The maximum atomic E-state index is 12.9. The molecule has 1 aromatic heterocycles. The van der Waals surface area contributed by atoms with Gasteiger partial charge < -0.3 is 5.11 Å². The molecule has 1 heterocycles. The van der Waals surface area contributed by atoms with Gasteiger partial charge in [0.05, 0.1) is 0 Å². The van der Waals surface area contributed by atoms with E-state index >= 15 is 0 Å². The van der Waals surface area contributed by atoms with E-state index < -0.39 is 17.2 Å². The second-order valence-electron chi connectivity index (χ2n) is 6.68. The zero-order valence-electron chi connectivity index (χ0n) is 14.2. The first-order valence-corrected chi connectivity index (χ1v) is 8.58. The van der Waals surface area contributed by atoms with Gasteiger partial charge in [0.1, 0.15) is 0 Å². The van der Waals surface area contributed by atoms with Crippen molar-refractivity contribution >= 4 is 5.91 Å². The number of hydrogen-bond acceptors (Lipinski definition) is 4. The van der Waals surface area contributed by atoms with Gasteiger partial charge in [-0.25, -0.2) is 4.79 Å². The van der Waals surface area contributed by atoms with E-state index in [2.05, 4.69) is 0 Å². The highest BCUT2D eigenvalue weighted by Crippen LogP contribution is 2.31. The average molecular weight is 342 g/mol. The second-order valence-corrected chi connectivity index (χ2v) is 6.68. The van der Waals surface area contributed by atoms with Gasteiger partial charge in [0.2, 0.25) is 0 Å². The Morgan fingerprint density at radius 3 is 2.60 bits per heavy atom. The number of aromatic nitrogens is 2. The zero-order chi connectivity index (χ0) is 18.0. The van der Waals surface area contributed by atoms with Crippen molar-refractivity contribution < 1.29 is 9.90 Å². The Balaban J connectivity index is 2.08. The monoisotopic (exact) mass is 342 g/mol. The number of benzene rings is 1. The van der Waals surface area contributed by atoms with Crippen LogP contribution in [0.5, 0.6) is 0 Å². The van der Waals surface area contributed by atoms with E-state index in [0.29, 0.717) is 17.5 Å². The van der Waals surface area contributed by atoms with Gasteiger partial charge in [-0.2, -0.15) is 4.57 Å². The molecule has 1 fully saturated rings. The highest BCUT2D eigenvalue weighted by molar-refractivity contribution is 5.95. The summed E-state index contributed by atoms with van der Waals surface area (Å²) >= 11 is 0. The van der Waals surface area contributed by atoms with Crippen LogP contribution in [0.4, 0.5) is 0 Å². The summed E-state index contributed by atoms with van der Waals surface area (Å²) in [7, 11) is 0. The lowest BCUT2D eigenvalue weighted by Crippen LogP contribution is -2.46. The fourth-order valence-corrected chi connectivity index (χ4v) is 3.53. The Morgan fingerprint density at radius 1 is 1.20 bits per heavy atom. The standard InChI is InChI=1S/C19H22N2O4/c1-13-11-20(16-9-5-6-14(10-16)12-22)19(25)21(17(13)23)18(24)15-7-3-2-4-8-15/h2-4,7-8,11,14,16,22H,5-6,9-10,12H2,1H3/t14-,16+/m1/s1. The minimum absolute atomic E-state index is 0.0901. The van der Waals surface area contributed by atoms with Crippen LogP contribution < -0.4 is 11.2 Å². The SMILES string of the molecule is Cc1cn([C@H]2CCC[C@@H](CO)C2)c(=O)n(C(=O)c2ccccc2)c1=O. The normalized spacial score (nSPS) is 20.4. The molecule has 0 unspecified atom stereocenters. The molecule has 6 heteroatoms. The van der Waals surface area contributed by atoms with E-state index in [9.17, 15) is 19.5 Å². The topological polar surface area (TPSA) is 81.3 Å². The summed E-state index contributed by atoms with van der Waals surface area (Å²) < 4.78 is 2.23. The van der Waals surface area contributed by atoms with E-state index in [4.69, 9.17) is 0 Å². The van der Waals surface area contributed by atoms with E-state index in [-0.39, 0.29) is 18.6 Å².